The summed E-state index contributed by atoms with van der Waals surface area (Å²) in [4.78, 5) is 58.9. The van der Waals surface area contributed by atoms with Crippen LogP contribution in [0.25, 0.3) is 0 Å². The number of imide groups is 1. The van der Waals surface area contributed by atoms with E-state index in [1.54, 1.807) is 24.0 Å². The Kier molecular flexibility index (Phi) is 7.09. The summed E-state index contributed by atoms with van der Waals surface area (Å²) in [6.07, 6.45) is 5.40. The van der Waals surface area contributed by atoms with Crippen LogP contribution in [-0.2, 0) is 25.7 Å². The Bertz CT molecular complexity index is 1650. The number of hydrogen-bond acceptors (Lipinski definition) is 6. The van der Waals surface area contributed by atoms with Gasteiger partial charge in [0.2, 0.25) is 11.8 Å². The SMILES string of the molecule is Cc1cccc([C@H]2C3=CC[C@@H]4C(=O)N(C5CCN(Cc6ccccc6)CC5)C(=O)[C@@H]4[C@@H]3CC3=C2C(=O)C=C(Br)C3=O)c1O. The molecule has 5 aliphatic rings. The van der Waals surface area contributed by atoms with Crippen LogP contribution >= 0.6 is 15.9 Å². The number of para-hydroxylation sites is 1. The minimum atomic E-state index is -0.652. The molecule has 7 nitrogen and oxygen atoms in total. The molecule has 0 bridgehead atoms. The van der Waals surface area contributed by atoms with Crippen molar-refractivity contribution >= 4 is 39.3 Å². The van der Waals surface area contributed by atoms with Gasteiger partial charge in [-0.25, -0.2) is 0 Å². The maximum atomic E-state index is 14.2. The molecular formula is C35H33BrN2O5. The number of rotatable bonds is 4. The Hall–Kier alpha value is -3.62. The molecule has 8 heteroatoms. The number of piperidine rings is 1. The fraction of sp³-hybridized carbons (Fsp3) is 0.371. The second-order valence-corrected chi connectivity index (χ2v) is 13.3. The lowest BCUT2D eigenvalue weighted by Crippen LogP contribution is -2.47. The number of carbonyl (C=O) groups excluding carboxylic acids is 4. The number of likely N-dealkylation sites (tertiary alicyclic amines) is 2. The van der Waals surface area contributed by atoms with Gasteiger partial charge in [0.15, 0.2) is 11.6 Å². The van der Waals surface area contributed by atoms with Crippen molar-refractivity contribution in [3.8, 4) is 5.75 Å². The van der Waals surface area contributed by atoms with E-state index in [-0.39, 0.29) is 46.1 Å². The van der Waals surface area contributed by atoms with E-state index in [0.29, 0.717) is 28.7 Å². The molecule has 0 aromatic heterocycles. The van der Waals surface area contributed by atoms with Crippen molar-refractivity contribution in [2.45, 2.75) is 51.1 Å². The van der Waals surface area contributed by atoms with Gasteiger partial charge < -0.3 is 5.11 Å². The van der Waals surface area contributed by atoms with Crippen molar-refractivity contribution < 1.29 is 24.3 Å². The summed E-state index contributed by atoms with van der Waals surface area (Å²) in [5, 5.41) is 11.1. The predicted molar refractivity (Wildman–Crippen MR) is 164 cm³/mol. The Labute approximate surface area is 259 Å². The van der Waals surface area contributed by atoms with Gasteiger partial charge in [0, 0.05) is 54.4 Å². The van der Waals surface area contributed by atoms with Gasteiger partial charge in [-0.3, -0.25) is 29.0 Å². The molecule has 2 amide bonds. The lowest BCUT2D eigenvalue weighted by Gasteiger charge is -2.42. The molecule has 2 fully saturated rings. The van der Waals surface area contributed by atoms with Gasteiger partial charge in [0.1, 0.15) is 5.75 Å². The number of nitrogens with zero attached hydrogens (tertiary/aromatic N) is 2. The molecule has 3 aliphatic carbocycles. The first-order valence-electron chi connectivity index (χ1n) is 15.1. The number of ketones is 2. The molecule has 43 heavy (non-hydrogen) atoms. The highest BCUT2D eigenvalue weighted by Gasteiger charge is 2.57. The Morgan fingerprint density at radius 1 is 0.930 bits per heavy atom. The van der Waals surface area contributed by atoms with Crippen LogP contribution in [0.1, 0.15) is 48.3 Å². The molecule has 2 aromatic rings. The Morgan fingerprint density at radius 2 is 1.67 bits per heavy atom. The van der Waals surface area contributed by atoms with Crippen LogP contribution in [0.2, 0.25) is 0 Å². The molecule has 2 aliphatic heterocycles. The average Bonchev–Trinajstić information content (AvgIpc) is 3.27. The number of Topliss-reactive ketones (excluding diaryl/α,β-unsaturated/α-hetero) is 1. The fourth-order valence-corrected chi connectivity index (χ4v) is 8.49. The summed E-state index contributed by atoms with van der Waals surface area (Å²) >= 11 is 3.27. The van der Waals surface area contributed by atoms with Gasteiger partial charge in [-0.2, -0.15) is 0 Å². The number of aromatic hydroxyl groups is 1. The maximum absolute atomic E-state index is 14.2. The molecular weight excluding hydrogens is 608 g/mol. The van der Waals surface area contributed by atoms with Crippen LogP contribution in [0.5, 0.6) is 5.75 Å². The zero-order valence-corrected chi connectivity index (χ0v) is 25.5. The van der Waals surface area contributed by atoms with Crippen molar-refractivity contribution in [1.29, 1.82) is 0 Å². The number of phenols is 1. The smallest absolute Gasteiger partial charge is 0.233 e. The molecule has 4 atom stereocenters. The molecule has 220 valence electrons. The summed E-state index contributed by atoms with van der Waals surface area (Å²) in [7, 11) is 0. The largest absolute Gasteiger partial charge is 0.507 e. The molecule has 0 saturated carbocycles. The van der Waals surface area contributed by atoms with Gasteiger partial charge in [-0.15, -0.1) is 0 Å². The van der Waals surface area contributed by atoms with Crippen LogP contribution in [0.3, 0.4) is 0 Å². The third-order valence-electron chi connectivity index (χ3n) is 10.1. The van der Waals surface area contributed by atoms with E-state index in [9.17, 15) is 24.3 Å². The topological polar surface area (TPSA) is 95.0 Å². The van der Waals surface area contributed by atoms with Crippen LogP contribution < -0.4 is 0 Å². The summed E-state index contributed by atoms with van der Waals surface area (Å²) in [6.45, 7) is 4.26. The van der Waals surface area contributed by atoms with Crippen LogP contribution in [-0.4, -0.2) is 57.4 Å². The third kappa shape index (κ3) is 4.57. The van der Waals surface area contributed by atoms with E-state index < -0.39 is 23.7 Å². The van der Waals surface area contributed by atoms with Gasteiger partial charge in [-0.1, -0.05) is 60.2 Å². The lowest BCUT2D eigenvalue weighted by atomic mass is 9.59. The normalized spacial score (nSPS) is 28.0. The second-order valence-electron chi connectivity index (χ2n) is 12.4. The molecule has 0 radical (unpaired) electrons. The molecule has 2 heterocycles. The van der Waals surface area contributed by atoms with E-state index in [1.807, 2.05) is 30.3 Å². The third-order valence-corrected chi connectivity index (χ3v) is 10.7. The number of fused-ring (bicyclic) bond motifs is 3. The van der Waals surface area contributed by atoms with E-state index >= 15 is 0 Å². The number of amides is 2. The summed E-state index contributed by atoms with van der Waals surface area (Å²) in [5.74, 6) is -2.87. The van der Waals surface area contributed by atoms with Crippen molar-refractivity contribution in [3.63, 3.8) is 0 Å². The average molecular weight is 642 g/mol. The molecule has 0 spiro atoms. The predicted octanol–water partition coefficient (Wildman–Crippen LogP) is 5.13. The van der Waals surface area contributed by atoms with Gasteiger partial charge in [0.25, 0.3) is 0 Å². The van der Waals surface area contributed by atoms with Crippen molar-refractivity contribution in [2.75, 3.05) is 13.1 Å². The highest BCUT2D eigenvalue weighted by atomic mass is 79.9. The van der Waals surface area contributed by atoms with Gasteiger partial charge >= 0.3 is 0 Å². The van der Waals surface area contributed by atoms with Gasteiger partial charge in [-0.05, 0) is 65.6 Å². The first-order valence-corrected chi connectivity index (χ1v) is 15.8. The van der Waals surface area contributed by atoms with Crippen LogP contribution in [0, 0.1) is 24.7 Å². The van der Waals surface area contributed by atoms with Crippen LogP contribution in [0.15, 0.2) is 81.9 Å². The number of allylic oxidation sites excluding steroid dienone is 6. The Morgan fingerprint density at radius 3 is 2.42 bits per heavy atom. The minimum Gasteiger partial charge on any atom is -0.507 e. The molecule has 1 N–H and O–H groups in total. The van der Waals surface area contributed by atoms with E-state index in [1.165, 1.54) is 11.6 Å². The lowest BCUT2D eigenvalue weighted by molar-refractivity contribution is -0.144. The van der Waals surface area contributed by atoms with Gasteiger partial charge in [0.05, 0.1) is 16.3 Å². The monoisotopic (exact) mass is 640 g/mol. The molecule has 2 saturated heterocycles. The zero-order chi connectivity index (χ0) is 30.0. The van der Waals surface area contributed by atoms with E-state index in [4.69, 9.17) is 0 Å². The summed E-state index contributed by atoms with van der Waals surface area (Å²) in [6, 6.07) is 15.6. The standard InChI is InChI=1S/C35H33BrN2O5/c1-19-6-5-9-23(32(19)40)29-22-10-11-24-30(25(22)16-26-31(29)28(39)17-27(36)33(26)41)35(43)38(34(24)42)21-12-14-37(15-13-21)18-20-7-3-2-4-8-20/h2-10,17,21,24-25,29-30,40H,11-16,18H2,1H3/t24-,25+,29+,30-/m0/s1. The fourth-order valence-electron chi connectivity index (χ4n) is 8.04. The summed E-state index contributed by atoms with van der Waals surface area (Å²) < 4.78 is 0.195. The minimum absolute atomic E-state index is 0.0783. The van der Waals surface area contributed by atoms with E-state index in [2.05, 4.69) is 33.0 Å². The zero-order valence-electron chi connectivity index (χ0n) is 24.0. The number of phenolic OH excluding ortho intramolecular Hbond substituents is 1. The number of aryl methyl sites for hydroxylation is 1. The number of benzene rings is 2. The van der Waals surface area contributed by atoms with Crippen molar-refractivity contribution in [3.05, 3.63) is 98.6 Å². The number of carbonyl (C=O) groups is 4. The maximum Gasteiger partial charge on any atom is 0.233 e. The quantitative estimate of drug-likeness (QED) is 0.283. The first-order chi connectivity index (χ1) is 20.7. The van der Waals surface area contributed by atoms with Crippen LogP contribution in [0.4, 0.5) is 0 Å². The molecule has 7 rings (SSSR count). The van der Waals surface area contributed by atoms with E-state index in [0.717, 1.165) is 38.0 Å². The highest BCUT2D eigenvalue weighted by molar-refractivity contribution is 9.12. The first kappa shape index (κ1) is 28.2. The number of hydrogen-bond donors (Lipinski definition) is 1. The summed E-state index contributed by atoms with van der Waals surface area (Å²) in [5.41, 5.74) is 4.06. The second kappa shape index (κ2) is 10.8. The highest BCUT2D eigenvalue weighted by Crippen LogP contribution is 2.56. The Balaban J connectivity index is 1.19. The number of halogens is 1. The van der Waals surface area contributed by atoms with Crippen molar-refractivity contribution in [1.82, 2.24) is 9.80 Å². The molecule has 0 unspecified atom stereocenters. The van der Waals surface area contributed by atoms with Crippen molar-refractivity contribution in [2.24, 2.45) is 17.8 Å². The molecule has 2 aromatic carbocycles.